The molecule has 0 atom stereocenters. The third kappa shape index (κ3) is 7.98. The van der Waals surface area contributed by atoms with Crippen molar-refractivity contribution in [2.45, 2.75) is 0 Å². The third-order valence-corrected chi connectivity index (χ3v) is 2.95. The molecular weight excluding hydrogens is 208 g/mol. The van der Waals surface area contributed by atoms with E-state index in [0.29, 0.717) is 13.2 Å². The average Bonchev–Trinajstić information content (AvgIpc) is 2.22. The van der Waals surface area contributed by atoms with Crippen molar-refractivity contribution in [2.24, 2.45) is 5.90 Å². The highest BCUT2D eigenvalue weighted by molar-refractivity contribution is 4.39. The Morgan fingerprint density at radius 2 is 1.50 bits per heavy atom. The normalized spacial score (nSPS) is 13.1. The van der Waals surface area contributed by atoms with E-state index >= 15 is 0 Å². The predicted molar refractivity (Wildman–Crippen MR) is 63.6 cm³/mol. The first-order chi connectivity index (χ1) is 7.33. The fourth-order valence-corrected chi connectivity index (χ4v) is 1.42. The molecule has 0 spiro atoms. The Balaban J connectivity index is 3.91. The number of hydrogen-bond acceptors (Lipinski definition) is 4. The van der Waals surface area contributed by atoms with Crippen molar-refractivity contribution >= 4 is 0 Å². The Morgan fingerprint density at radius 3 is 1.94 bits per heavy atom. The maximum atomic E-state index is 8.58. The van der Waals surface area contributed by atoms with Gasteiger partial charge in [-0.15, -0.1) is 0 Å². The number of hydroxylamine groups is 1. The smallest absolute Gasteiger partial charge is 0.128 e. The van der Waals surface area contributed by atoms with E-state index in [1.165, 1.54) is 0 Å². The van der Waals surface area contributed by atoms with Crippen LogP contribution in [0.25, 0.3) is 0 Å². The summed E-state index contributed by atoms with van der Waals surface area (Å²) in [6.45, 7) is 5.13. The van der Waals surface area contributed by atoms with Gasteiger partial charge in [-0.05, 0) is 0 Å². The lowest BCUT2D eigenvalue weighted by Crippen LogP contribution is -2.53. The van der Waals surface area contributed by atoms with Crippen molar-refractivity contribution in [3.8, 4) is 0 Å². The minimum absolute atomic E-state index is 0.582. The first-order valence-corrected chi connectivity index (χ1v) is 5.66. The summed E-state index contributed by atoms with van der Waals surface area (Å²) in [7, 11) is 8.67. The van der Waals surface area contributed by atoms with Crippen LogP contribution in [0.3, 0.4) is 0 Å². The van der Waals surface area contributed by atoms with Crippen LogP contribution in [0, 0.1) is 0 Å². The summed E-state index contributed by atoms with van der Waals surface area (Å²) < 4.78 is 1.78. The molecule has 0 saturated carbocycles. The van der Waals surface area contributed by atoms with E-state index in [1.54, 1.807) is 0 Å². The molecule has 0 radical (unpaired) electrons. The molecule has 0 aliphatic heterocycles. The van der Waals surface area contributed by atoms with E-state index in [2.05, 4.69) is 38.5 Å². The maximum absolute atomic E-state index is 8.58. The molecule has 0 saturated heterocycles. The van der Waals surface area contributed by atoms with Crippen molar-refractivity contribution in [1.82, 2.24) is 5.48 Å². The zero-order chi connectivity index (χ0) is 12.7. The fourth-order valence-electron chi connectivity index (χ4n) is 1.42. The van der Waals surface area contributed by atoms with Gasteiger partial charge in [0, 0.05) is 0 Å². The molecule has 6 nitrogen and oxygen atoms in total. The van der Waals surface area contributed by atoms with Crippen LogP contribution in [0.1, 0.15) is 0 Å². The first-order valence-electron chi connectivity index (χ1n) is 5.66. The summed E-state index contributed by atoms with van der Waals surface area (Å²) in [5, 5.41) is 8.58. The number of nitrogens with one attached hydrogen (secondary N) is 1. The number of rotatable bonds is 9. The van der Waals surface area contributed by atoms with Crippen LogP contribution in [0.2, 0.25) is 0 Å². The number of nitrogens with zero attached hydrogens (tertiary/aromatic N) is 2. The van der Waals surface area contributed by atoms with Crippen molar-refractivity contribution in [3.63, 3.8) is 0 Å². The van der Waals surface area contributed by atoms with Crippen molar-refractivity contribution < 1.29 is 19.0 Å². The van der Waals surface area contributed by atoms with Crippen LogP contribution in [-0.2, 0) is 4.84 Å². The molecule has 0 aromatic heterocycles. The van der Waals surface area contributed by atoms with Crippen LogP contribution in [-0.4, -0.2) is 81.7 Å². The van der Waals surface area contributed by atoms with Gasteiger partial charge < -0.3 is 14.2 Å². The lowest BCUT2D eigenvalue weighted by Gasteiger charge is -2.35. The fraction of sp³-hybridized carbons (Fsp3) is 1.00. The second-order valence-corrected chi connectivity index (χ2v) is 5.54. The van der Waals surface area contributed by atoms with Gasteiger partial charge in [-0.25, -0.2) is 5.90 Å². The molecule has 98 valence electrons. The highest BCUT2D eigenvalue weighted by Gasteiger charge is 2.22. The molecule has 0 bridgehead atoms. The molecule has 0 aromatic carbocycles. The molecule has 0 heterocycles. The van der Waals surface area contributed by atoms with Crippen molar-refractivity contribution in [2.75, 3.05) is 67.5 Å². The largest absolute Gasteiger partial charge is 0.323 e. The molecular formula is C10H28N4O2+2. The van der Waals surface area contributed by atoms with Gasteiger partial charge in [0.1, 0.15) is 26.2 Å². The quantitative estimate of drug-likeness (QED) is 0.355. The molecule has 0 aliphatic rings. The Kier molecular flexibility index (Phi) is 7.05. The Hall–Kier alpha value is -0.240. The monoisotopic (exact) mass is 236 g/mol. The van der Waals surface area contributed by atoms with Crippen LogP contribution in [0.5, 0.6) is 0 Å². The Morgan fingerprint density at radius 1 is 1.00 bits per heavy atom. The highest BCUT2D eigenvalue weighted by Crippen LogP contribution is 2.02. The summed E-state index contributed by atoms with van der Waals surface area (Å²) in [5.41, 5.74) is 2.20. The zero-order valence-electron chi connectivity index (χ0n) is 11.1. The summed E-state index contributed by atoms with van der Waals surface area (Å²) in [6, 6.07) is 0. The highest BCUT2D eigenvalue weighted by atomic mass is 16.6. The lowest BCUT2D eigenvalue weighted by atomic mass is 10.3. The Labute approximate surface area is 98.7 Å². The molecule has 0 aliphatic carbocycles. The average molecular weight is 236 g/mol. The summed E-state index contributed by atoms with van der Waals surface area (Å²) in [5.74, 6) is 5.03. The molecule has 0 amide bonds. The Bertz CT molecular complexity index is 166. The summed E-state index contributed by atoms with van der Waals surface area (Å²) in [4.78, 5) is 4.61. The summed E-state index contributed by atoms with van der Waals surface area (Å²) >= 11 is 0. The van der Waals surface area contributed by atoms with Gasteiger partial charge in [0.2, 0.25) is 0 Å². The number of nitrogens with two attached hydrogens (primary N) is 1. The van der Waals surface area contributed by atoms with Gasteiger partial charge >= 0.3 is 0 Å². The van der Waals surface area contributed by atoms with Gasteiger partial charge in [0.25, 0.3) is 0 Å². The molecule has 0 unspecified atom stereocenters. The van der Waals surface area contributed by atoms with E-state index in [4.69, 9.17) is 11.1 Å². The predicted octanol–water partition coefficient (Wildman–Crippen LogP) is -0.992. The molecule has 0 rings (SSSR count). The van der Waals surface area contributed by atoms with E-state index in [1.807, 2.05) is 0 Å². The number of hydrogen-bond donors (Lipinski definition) is 3. The minimum Gasteiger partial charge on any atom is -0.323 e. The van der Waals surface area contributed by atoms with Crippen molar-refractivity contribution in [1.29, 1.82) is 0 Å². The molecule has 0 aromatic rings. The van der Waals surface area contributed by atoms with Crippen LogP contribution < -0.4 is 11.4 Å². The third-order valence-electron chi connectivity index (χ3n) is 2.95. The minimum atomic E-state index is 0.582. The second kappa shape index (κ2) is 7.16. The molecule has 4 N–H and O–H groups in total. The molecule has 16 heavy (non-hydrogen) atoms. The van der Waals surface area contributed by atoms with E-state index in [-0.39, 0.29) is 0 Å². The van der Waals surface area contributed by atoms with E-state index in [0.717, 1.165) is 35.1 Å². The van der Waals surface area contributed by atoms with Crippen molar-refractivity contribution in [3.05, 3.63) is 0 Å². The van der Waals surface area contributed by atoms with E-state index in [9.17, 15) is 0 Å². The molecule has 0 fully saturated rings. The second-order valence-electron chi connectivity index (χ2n) is 5.54. The van der Waals surface area contributed by atoms with Gasteiger partial charge in [-0.1, -0.05) is 0 Å². The number of likely N-dealkylation sites (N-methyl/N-ethyl adjacent to an activating group) is 2. The van der Waals surface area contributed by atoms with Gasteiger partial charge in [0.15, 0.2) is 0 Å². The molecule has 6 heteroatoms. The standard InChI is InChI=1S/C10H28N4O2/c1-13(2,6-5-12-15)7-8-14(3,4)9-10-16-11/h12,15H,5-11H2,1-4H3/q+2. The zero-order valence-corrected chi connectivity index (χ0v) is 11.1. The lowest BCUT2D eigenvalue weighted by molar-refractivity contribution is -0.945. The van der Waals surface area contributed by atoms with Gasteiger partial charge in [0.05, 0.1) is 41.3 Å². The van der Waals surface area contributed by atoms with Gasteiger partial charge in [-0.3, -0.25) is 4.84 Å². The maximum Gasteiger partial charge on any atom is 0.128 e. The van der Waals surface area contributed by atoms with Crippen LogP contribution in [0.15, 0.2) is 0 Å². The SMILES string of the molecule is C[N+](C)(CCNO)CC[N+](C)(C)CCON. The topological polar surface area (TPSA) is 67.5 Å². The first kappa shape index (κ1) is 15.8. The van der Waals surface area contributed by atoms with Crippen LogP contribution >= 0.6 is 0 Å². The summed E-state index contributed by atoms with van der Waals surface area (Å²) in [6.07, 6.45) is 0. The van der Waals surface area contributed by atoms with E-state index < -0.39 is 0 Å². The van der Waals surface area contributed by atoms with Gasteiger partial charge in [-0.2, -0.15) is 5.48 Å². The number of quaternary nitrogens is 2. The van der Waals surface area contributed by atoms with Crippen LogP contribution in [0.4, 0.5) is 0 Å².